The first-order valence-electron chi connectivity index (χ1n) is 8.57. The van der Waals surface area contributed by atoms with E-state index < -0.39 is 29.6 Å². The van der Waals surface area contributed by atoms with E-state index in [1.165, 1.54) is 19.1 Å². The number of nitriles is 1. The van der Waals surface area contributed by atoms with E-state index in [1.54, 1.807) is 18.2 Å². The van der Waals surface area contributed by atoms with E-state index in [4.69, 9.17) is 4.74 Å². The molecule has 8 heteroatoms. The van der Waals surface area contributed by atoms with Crippen LogP contribution in [-0.4, -0.2) is 32.1 Å². The summed E-state index contributed by atoms with van der Waals surface area (Å²) in [5.41, 5.74) is 1.29. The molecule has 1 amide bonds. The molecule has 0 heterocycles. The van der Waals surface area contributed by atoms with E-state index in [0.717, 1.165) is 17.8 Å². The van der Waals surface area contributed by atoms with Crippen LogP contribution in [0.5, 0.6) is 0 Å². The van der Waals surface area contributed by atoms with Crippen LogP contribution in [0.4, 0.5) is 20.2 Å². The number of benzene rings is 2. The summed E-state index contributed by atoms with van der Waals surface area (Å²) in [6.45, 7) is 1.30. The molecule has 0 aliphatic rings. The highest BCUT2D eigenvalue weighted by Crippen LogP contribution is 2.16. The molecule has 2 rings (SSSR count). The van der Waals surface area contributed by atoms with Gasteiger partial charge in [0.2, 0.25) is 0 Å². The summed E-state index contributed by atoms with van der Waals surface area (Å²) >= 11 is 0. The van der Waals surface area contributed by atoms with E-state index in [9.17, 15) is 23.6 Å². The minimum Gasteiger partial charge on any atom is -0.448 e. The SMILES string of the molecule is C[C@H](OC(=O)/C(C#N)=C/c1ccc(N(C)C)cc1)C(=O)Nc1ccc(F)c(F)c1. The predicted octanol–water partition coefficient (Wildman–Crippen LogP) is 3.51. The number of hydrogen-bond donors (Lipinski definition) is 1. The summed E-state index contributed by atoms with van der Waals surface area (Å²) in [7, 11) is 3.77. The van der Waals surface area contributed by atoms with Crippen LogP contribution in [-0.2, 0) is 14.3 Å². The summed E-state index contributed by atoms with van der Waals surface area (Å²) < 4.78 is 31.2. The van der Waals surface area contributed by atoms with E-state index >= 15 is 0 Å². The summed E-state index contributed by atoms with van der Waals surface area (Å²) in [5.74, 6) is -3.90. The Morgan fingerprint density at radius 3 is 2.34 bits per heavy atom. The number of rotatable bonds is 6. The maximum atomic E-state index is 13.2. The van der Waals surface area contributed by atoms with Crippen molar-refractivity contribution in [2.24, 2.45) is 0 Å². The fourth-order valence-electron chi connectivity index (χ4n) is 2.27. The smallest absolute Gasteiger partial charge is 0.349 e. The molecule has 0 radical (unpaired) electrons. The monoisotopic (exact) mass is 399 g/mol. The molecule has 150 valence electrons. The number of esters is 1. The highest BCUT2D eigenvalue weighted by atomic mass is 19.2. The zero-order valence-electron chi connectivity index (χ0n) is 16.1. The van der Waals surface area contributed by atoms with Crippen LogP contribution in [0.25, 0.3) is 6.08 Å². The van der Waals surface area contributed by atoms with Gasteiger partial charge >= 0.3 is 5.97 Å². The Kier molecular flexibility index (Phi) is 7.04. The largest absolute Gasteiger partial charge is 0.448 e. The lowest BCUT2D eigenvalue weighted by Crippen LogP contribution is -2.30. The predicted molar refractivity (Wildman–Crippen MR) is 105 cm³/mol. The van der Waals surface area contributed by atoms with Gasteiger partial charge in [-0.05, 0) is 42.8 Å². The van der Waals surface area contributed by atoms with Crippen molar-refractivity contribution in [1.82, 2.24) is 0 Å². The number of carbonyl (C=O) groups excluding carboxylic acids is 2. The number of nitrogens with one attached hydrogen (secondary N) is 1. The minimum atomic E-state index is -1.26. The van der Waals surface area contributed by atoms with Gasteiger partial charge in [0, 0.05) is 31.5 Å². The van der Waals surface area contributed by atoms with Crippen LogP contribution in [0.2, 0.25) is 0 Å². The fraction of sp³-hybridized carbons (Fsp3) is 0.190. The maximum Gasteiger partial charge on any atom is 0.349 e. The van der Waals surface area contributed by atoms with E-state index in [0.29, 0.717) is 5.56 Å². The second-order valence-electron chi connectivity index (χ2n) is 6.32. The standard InChI is InChI=1S/C21H19F2N3O3/c1-13(20(27)25-16-6-9-18(22)19(23)11-16)29-21(28)15(12-24)10-14-4-7-17(8-5-14)26(2)3/h4-11,13H,1-3H3,(H,25,27)/b15-10+/t13-/m0/s1. The average molecular weight is 399 g/mol. The third-order valence-electron chi connectivity index (χ3n) is 3.90. The third-order valence-corrected chi connectivity index (χ3v) is 3.90. The summed E-state index contributed by atoms with van der Waals surface area (Å²) in [6, 6.07) is 11.7. The molecule has 0 saturated carbocycles. The van der Waals surface area contributed by atoms with Crippen molar-refractivity contribution in [2.75, 3.05) is 24.3 Å². The van der Waals surface area contributed by atoms with Gasteiger partial charge in [0.1, 0.15) is 11.6 Å². The number of ether oxygens (including phenoxy) is 1. The third kappa shape index (κ3) is 5.87. The Balaban J connectivity index is 2.04. The van der Waals surface area contributed by atoms with Gasteiger partial charge in [0.05, 0.1) is 0 Å². The van der Waals surface area contributed by atoms with Gasteiger partial charge in [-0.15, -0.1) is 0 Å². The highest BCUT2D eigenvalue weighted by Gasteiger charge is 2.21. The Morgan fingerprint density at radius 1 is 1.14 bits per heavy atom. The molecule has 0 bridgehead atoms. The molecule has 0 fully saturated rings. The van der Waals surface area contributed by atoms with E-state index in [2.05, 4.69) is 5.32 Å². The van der Waals surface area contributed by atoms with Gasteiger partial charge in [-0.25, -0.2) is 13.6 Å². The fourth-order valence-corrected chi connectivity index (χ4v) is 2.27. The number of carbonyl (C=O) groups is 2. The van der Waals surface area contributed by atoms with E-state index in [-0.39, 0.29) is 11.3 Å². The minimum absolute atomic E-state index is 0.00818. The van der Waals surface area contributed by atoms with Gasteiger partial charge in [0.15, 0.2) is 17.7 Å². The molecular weight excluding hydrogens is 380 g/mol. The van der Waals surface area contributed by atoms with Crippen molar-refractivity contribution in [2.45, 2.75) is 13.0 Å². The van der Waals surface area contributed by atoms with Crippen LogP contribution < -0.4 is 10.2 Å². The van der Waals surface area contributed by atoms with Crippen molar-refractivity contribution in [3.63, 3.8) is 0 Å². The van der Waals surface area contributed by atoms with Crippen LogP contribution in [0.15, 0.2) is 48.0 Å². The average Bonchev–Trinajstić information content (AvgIpc) is 2.69. The van der Waals surface area contributed by atoms with Gasteiger partial charge in [0.25, 0.3) is 5.91 Å². The zero-order valence-corrected chi connectivity index (χ0v) is 16.1. The molecule has 1 atom stereocenters. The Hall–Kier alpha value is -3.73. The van der Waals surface area contributed by atoms with Gasteiger partial charge in [-0.3, -0.25) is 4.79 Å². The van der Waals surface area contributed by atoms with Crippen molar-refractivity contribution in [3.8, 4) is 6.07 Å². The number of nitrogens with zero attached hydrogens (tertiary/aromatic N) is 2. The summed E-state index contributed by atoms with van der Waals surface area (Å²) in [6.07, 6.45) is 0.0883. The lowest BCUT2D eigenvalue weighted by molar-refractivity contribution is -0.148. The summed E-state index contributed by atoms with van der Waals surface area (Å²) in [5, 5.41) is 11.5. The maximum absolute atomic E-state index is 13.2. The van der Waals surface area contributed by atoms with Gasteiger partial charge < -0.3 is 15.0 Å². The van der Waals surface area contributed by atoms with Crippen LogP contribution in [0.1, 0.15) is 12.5 Å². The molecule has 6 nitrogen and oxygen atoms in total. The number of halogens is 2. The molecule has 2 aromatic carbocycles. The molecule has 29 heavy (non-hydrogen) atoms. The van der Waals surface area contributed by atoms with Gasteiger partial charge in [-0.2, -0.15) is 5.26 Å². The second-order valence-corrected chi connectivity index (χ2v) is 6.32. The number of hydrogen-bond acceptors (Lipinski definition) is 5. The van der Waals surface area contributed by atoms with Crippen molar-refractivity contribution < 1.29 is 23.1 Å². The van der Waals surface area contributed by atoms with Crippen LogP contribution >= 0.6 is 0 Å². The Bertz CT molecular complexity index is 980. The first kappa shape index (κ1) is 21.6. The van der Waals surface area contributed by atoms with E-state index in [1.807, 2.05) is 31.1 Å². The molecular formula is C21H19F2N3O3. The van der Waals surface area contributed by atoms with Crippen molar-refractivity contribution in [3.05, 3.63) is 65.2 Å². The summed E-state index contributed by atoms with van der Waals surface area (Å²) in [4.78, 5) is 26.2. The molecule has 0 spiro atoms. The molecule has 0 unspecified atom stereocenters. The zero-order chi connectivity index (χ0) is 21.6. The molecule has 1 N–H and O–H groups in total. The van der Waals surface area contributed by atoms with Crippen LogP contribution in [0.3, 0.4) is 0 Å². The lowest BCUT2D eigenvalue weighted by Gasteiger charge is -2.13. The normalized spacial score (nSPS) is 11.9. The quantitative estimate of drug-likeness (QED) is 0.457. The topological polar surface area (TPSA) is 82.4 Å². The Labute approximate surface area is 167 Å². The first-order chi connectivity index (χ1) is 13.7. The molecule has 0 saturated heterocycles. The molecule has 2 aromatic rings. The molecule has 0 aliphatic heterocycles. The molecule has 0 aliphatic carbocycles. The number of anilines is 2. The lowest BCUT2D eigenvalue weighted by atomic mass is 10.1. The van der Waals surface area contributed by atoms with Crippen LogP contribution in [0, 0.1) is 23.0 Å². The van der Waals surface area contributed by atoms with Crippen molar-refractivity contribution >= 4 is 29.3 Å². The second kappa shape index (κ2) is 9.46. The number of amides is 1. The van der Waals surface area contributed by atoms with Gasteiger partial charge in [-0.1, -0.05) is 12.1 Å². The highest BCUT2D eigenvalue weighted by molar-refractivity contribution is 6.01. The van der Waals surface area contributed by atoms with Crippen molar-refractivity contribution in [1.29, 1.82) is 5.26 Å². The first-order valence-corrected chi connectivity index (χ1v) is 8.57. The molecule has 0 aromatic heterocycles. The Morgan fingerprint density at radius 2 is 1.79 bits per heavy atom.